The van der Waals surface area contributed by atoms with Gasteiger partial charge in [0, 0.05) is 12.0 Å². The van der Waals surface area contributed by atoms with Crippen molar-refractivity contribution in [3.63, 3.8) is 0 Å². The lowest BCUT2D eigenvalue weighted by molar-refractivity contribution is -0.137. The largest absolute Gasteiger partial charge is 0.476 e. The minimum Gasteiger partial charge on any atom is -0.476 e. The van der Waals surface area contributed by atoms with E-state index in [1.165, 1.54) is 0 Å². The minimum absolute atomic E-state index is 0.128. The third-order valence-corrected chi connectivity index (χ3v) is 3.02. The molecule has 0 saturated carbocycles. The normalized spacial score (nSPS) is 18.2. The summed E-state index contributed by atoms with van der Waals surface area (Å²) in [5.74, 6) is 0.993. The molecule has 1 aliphatic heterocycles. The first-order valence-electron chi connectivity index (χ1n) is 6.76. The molecule has 18 heavy (non-hydrogen) atoms. The Labute approximate surface area is 111 Å². The molecule has 0 saturated heterocycles. The lowest BCUT2D eigenvalue weighted by Crippen LogP contribution is -2.44. The summed E-state index contributed by atoms with van der Waals surface area (Å²) in [7, 11) is 0. The van der Waals surface area contributed by atoms with Gasteiger partial charge in [-0.05, 0) is 11.8 Å². The van der Waals surface area contributed by atoms with E-state index in [4.69, 9.17) is 4.74 Å². The van der Waals surface area contributed by atoms with Crippen LogP contribution < -0.4 is 0 Å². The lowest BCUT2D eigenvalue weighted by atomic mass is 9.78. The summed E-state index contributed by atoms with van der Waals surface area (Å²) in [6, 6.07) is 0. The molecule has 3 nitrogen and oxygen atoms in total. The zero-order valence-electron chi connectivity index (χ0n) is 12.9. The maximum absolute atomic E-state index is 12.6. The third-order valence-electron chi connectivity index (χ3n) is 3.02. The molecule has 0 aromatic rings. The molecule has 0 N–H and O–H groups in total. The summed E-state index contributed by atoms with van der Waals surface area (Å²) in [5, 5.41) is 0. The van der Waals surface area contributed by atoms with Crippen LogP contribution in [-0.4, -0.2) is 24.1 Å². The maximum atomic E-state index is 12.6. The Morgan fingerprint density at radius 3 is 2.06 bits per heavy atom. The van der Waals surface area contributed by atoms with Gasteiger partial charge in [-0.2, -0.15) is 0 Å². The minimum atomic E-state index is -0.188. The van der Waals surface area contributed by atoms with Gasteiger partial charge in [-0.1, -0.05) is 48.5 Å². The Hall–Kier alpha value is -0.990. The molecule has 104 valence electrons. The van der Waals surface area contributed by atoms with Gasteiger partial charge in [-0.25, -0.2) is 0 Å². The number of carbonyl (C=O) groups is 1. The van der Waals surface area contributed by atoms with Gasteiger partial charge in [0.2, 0.25) is 0 Å². The average Bonchev–Trinajstić information content (AvgIpc) is 2.17. The highest BCUT2D eigenvalue weighted by Gasteiger charge is 2.39. The Balaban J connectivity index is 3.25. The predicted molar refractivity (Wildman–Crippen MR) is 73.9 cm³/mol. The molecule has 0 aromatic carbocycles. The molecule has 1 aliphatic rings. The van der Waals surface area contributed by atoms with Crippen LogP contribution in [0.5, 0.6) is 0 Å². The molecule has 1 heterocycles. The van der Waals surface area contributed by atoms with Crippen molar-refractivity contribution in [3.8, 4) is 0 Å². The first kappa shape index (κ1) is 15.1. The van der Waals surface area contributed by atoms with Gasteiger partial charge in [0.1, 0.15) is 5.76 Å². The van der Waals surface area contributed by atoms with Crippen molar-refractivity contribution in [1.82, 2.24) is 4.90 Å². The molecule has 0 bridgehead atoms. The van der Waals surface area contributed by atoms with E-state index in [9.17, 15) is 4.79 Å². The molecule has 1 amide bonds. The smallest absolute Gasteiger partial charge is 0.256 e. The average molecular weight is 253 g/mol. The first-order valence-corrected chi connectivity index (χ1v) is 6.76. The second kappa shape index (κ2) is 4.94. The van der Waals surface area contributed by atoms with Crippen molar-refractivity contribution in [2.24, 2.45) is 10.8 Å². The second-order valence-corrected chi connectivity index (χ2v) is 7.05. The van der Waals surface area contributed by atoms with Crippen molar-refractivity contribution < 1.29 is 9.53 Å². The Morgan fingerprint density at radius 1 is 1.11 bits per heavy atom. The van der Waals surface area contributed by atoms with Gasteiger partial charge in [-0.15, -0.1) is 0 Å². The van der Waals surface area contributed by atoms with Crippen molar-refractivity contribution in [3.05, 3.63) is 11.3 Å². The van der Waals surface area contributed by atoms with Crippen LogP contribution in [0, 0.1) is 10.8 Å². The van der Waals surface area contributed by atoms with Crippen LogP contribution in [0.25, 0.3) is 0 Å². The zero-order chi connectivity index (χ0) is 14.1. The van der Waals surface area contributed by atoms with Gasteiger partial charge in [0.25, 0.3) is 5.91 Å². The summed E-state index contributed by atoms with van der Waals surface area (Å²) < 4.78 is 5.90. The first-order chi connectivity index (χ1) is 8.09. The fourth-order valence-corrected chi connectivity index (χ4v) is 2.22. The number of allylic oxidation sites excluding steroid dienone is 1. The summed E-state index contributed by atoms with van der Waals surface area (Å²) in [6.07, 6.45) is 0.956. The fourth-order valence-electron chi connectivity index (χ4n) is 2.22. The topological polar surface area (TPSA) is 29.5 Å². The third kappa shape index (κ3) is 3.06. The second-order valence-electron chi connectivity index (χ2n) is 7.05. The van der Waals surface area contributed by atoms with E-state index >= 15 is 0 Å². The van der Waals surface area contributed by atoms with Gasteiger partial charge in [0.05, 0.1) is 5.57 Å². The maximum Gasteiger partial charge on any atom is 0.256 e. The van der Waals surface area contributed by atoms with Crippen molar-refractivity contribution in [2.75, 3.05) is 13.3 Å². The number of carbonyl (C=O) groups excluding carboxylic acids is 1. The van der Waals surface area contributed by atoms with E-state index in [1.54, 1.807) is 4.90 Å². The van der Waals surface area contributed by atoms with E-state index in [1.807, 2.05) is 0 Å². The van der Waals surface area contributed by atoms with Crippen molar-refractivity contribution >= 4 is 5.91 Å². The highest BCUT2D eigenvalue weighted by molar-refractivity contribution is 5.95. The Kier molecular flexibility index (Phi) is 4.14. The van der Waals surface area contributed by atoms with E-state index in [0.717, 1.165) is 24.3 Å². The van der Waals surface area contributed by atoms with Crippen LogP contribution in [-0.2, 0) is 9.53 Å². The van der Waals surface area contributed by atoms with Crippen LogP contribution >= 0.6 is 0 Å². The van der Waals surface area contributed by atoms with Crippen molar-refractivity contribution in [2.45, 2.75) is 54.9 Å². The molecule has 3 heteroatoms. The fraction of sp³-hybridized carbons (Fsp3) is 0.800. The van der Waals surface area contributed by atoms with E-state index in [0.29, 0.717) is 6.73 Å². The van der Waals surface area contributed by atoms with Crippen LogP contribution in [0.1, 0.15) is 54.9 Å². The molecule has 1 rings (SSSR count). The highest BCUT2D eigenvalue weighted by Crippen LogP contribution is 2.40. The summed E-state index contributed by atoms with van der Waals surface area (Å²) in [4.78, 5) is 14.4. The van der Waals surface area contributed by atoms with Crippen LogP contribution in [0.4, 0.5) is 0 Å². The predicted octanol–water partition coefficient (Wildman–Crippen LogP) is 3.56. The van der Waals surface area contributed by atoms with Gasteiger partial charge >= 0.3 is 0 Å². The molecule has 0 atom stereocenters. The van der Waals surface area contributed by atoms with Gasteiger partial charge in [-0.3, -0.25) is 4.79 Å². The Bertz CT molecular complexity index is 356. The zero-order valence-corrected chi connectivity index (χ0v) is 12.9. The summed E-state index contributed by atoms with van der Waals surface area (Å²) in [6.45, 7) is 15.7. The lowest BCUT2D eigenvalue weighted by Gasteiger charge is -2.39. The van der Waals surface area contributed by atoms with Gasteiger partial charge in [0.15, 0.2) is 6.73 Å². The molecular weight excluding hydrogens is 226 g/mol. The van der Waals surface area contributed by atoms with E-state index in [2.05, 4.69) is 48.5 Å². The number of ether oxygens (including phenoxy) is 1. The summed E-state index contributed by atoms with van der Waals surface area (Å²) >= 11 is 0. The molecule has 0 aromatic heterocycles. The molecular formula is C15H27NO2. The van der Waals surface area contributed by atoms with Crippen LogP contribution in [0.15, 0.2) is 11.3 Å². The number of hydrogen-bond acceptors (Lipinski definition) is 2. The number of nitrogens with zero attached hydrogens (tertiary/aromatic N) is 1. The van der Waals surface area contributed by atoms with E-state index in [-0.39, 0.29) is 16.7 Å². The molecule has 0 unspecified atom stereocenters. The number of rotatable bonds is 2. The Morgan fingerprint density at radius 2 is 1.67 bits per heavy atom. The van der Waals surface area contributed by atoms with E-state index < -0.39 is 0 Å². The molecule has 0 fully saturated rings. The molecule has 0 radical (unpaired) electrons. The quantitative estimate of drug-likeness (QED) is 0.753. The molecule has 0 spiro atoms. The number of amides is 1. The molecule has 0 aliphatic carbocycles. The SMILES string of the molecule is CCCN1COC(C(C)(C)C)=C(C(C)(C)C)C1=O. The summed E-state index contributed by atoms with van der Waals surface area (Å²) in [5.41, 5.74) is 0.512. The van der Waals surface area contributed by atoms with Crippen LogP contribution in [0.2, 0.25) is 0 Å². The highest BCUT2D eigenvalue weighted by atomic mass is 16.5. The standard InChI is InChI=1S/C15H27NO2/c1-8-9-16-10-18-12(15(5,6)7)11(13(16)17)14(2,3)4/h8-10H2,1-7H3. The monoisotopic (exact) mass is 253 g/mol. The number of hydrogen-bond donors (Lipinski definition) is 0. The van der Waals surface area contributed by atoms with Crippen LogP contribution in [0.3, 0.4) is 0 Å². The van der Waals surface area contributed by atoms with Crippen molar-refractivity contribution in [1.29, 1.82) is 0 Å². The van der Waals surface area contributed by atoms with Gasteiger partial charge < -0.3 is 9.64 Å².